The minimum absolute atomic E-state index is 0.0139. The number of carbonyl (C=O) groups excluding carboxylic acids is 2. The molecule has 1 N–H and O–H groups in total. The molecule has 4 nitrogen and oxygen atoms in total. The van der Waals surface area contributed by atoms with Gasteiger partial charge in [0.05, 0.1) is 11.6 Å². The first-order valence-electron chi connectivity index (χ1n) is 9.06. The number of Topliss-reactive ketones (excluding diaryl/α,β-unsaturated/α-hetero) is 1. The van der Waals surface area contributed by atoms with Crippen LogP contribution in [0.5, 0.6) is 0 Å². The number of ketones is 1. The summed E-state index contributed by atoms with van der Waals surface area (Å²) in [7, 11) is 0. The third-order valence-electron chi connectivity index (χ3n) is 4.80. The summed E-state index contributed by atoms with van der Waals surface area (Å²) in [5, 5.41) is 11.7. The van der Waals surface area contributed by atoms with E-state index < -0.39 is 0 Å². The lowest BCUT2D eigenvalue weighted by Gasteiger charge is -2.16. The number of nitrogens with zero attached hydrogens (tertiary/aromatic N) is 1. The van der Waals surface area contributed by atoms with E-state index >= 15 is 0 Å². The van der Waals surface area contributed by atoms with Crippen molar-refractivity contribution in [2.45, 2.75) is 45.1 Å². The molecule has 2 aromatic rings. The molecule has 1 amide bonds. The van der Waals surface area contributed by atoms with E-state index in [2.05, 4.69) is 17.5 Å². The van der Waals surface area contributed by atoms with Crippen molar-refractivity contribution in [2.75, 3.05) is 0 Å². The molecule has 4 heteroatoms. The van der Waals surface area contributed by atoms with Crippen LogP contribution in [0.2, 0.25) is 0 Å². The predicted molar refractivity (Wildman–Crippen MR) is 99.7 cm³/mol. The molecule has 0 saturated carbocycles. The Hall–Kier alpha value is -2.93. The fourth-order valence-corrected chi connectivity index (χ4v) is 3.32. The van der Waals surface area contributed by atoms with E-state index in [1.165, 1.54) is 24.0 Å². The van der Waals surface area contributed by atoms with E-state index in [4.69, 9.17) is 5.26 Å². The van der Waals surface area contributed by atoms with Crippen LogP contribution in [0.15, 0.2) is 42.5 Å². The molecule has 0 aromatic heterocycles. The molecule has 0 fully saturated rings. The first-order valence-corrected chi connectivity index (χ1v) is 9.06. The van der Waals surface area contributed by atoms with Gasteiger partial charge in [-0.2, -0.15) is 5.26 Å². The topological polar surface area (TPSA) is 70.0 Å². The van der Waals surface area contributed by atoms with Gasteiger partial charge in [-0.05, 0) is 60.6 Å². The molecule has 26 heavy (non-hydrogen) atoms. The summed E-state index contributed by atoms with van der Waals surface area (Å²) in [4.78, 5) is 24.4. The van der Waals surface area contributed by atoms with Crippen molar-refractivity contribution in [2.24, 2.45) is 0 Å². The molecule has 3 rings (SSSR count). The third kappa shape index (κ3) is 4.58. The Balaban J connectivity index is 1.49. The van der Waals surface area contributed by atoms with Gasteiger partial charge >= 0.3 is 0 Å². The van der Waals surface area contributed by atoms with Gasteiger partial charge in [-0.15, -0.1) is 0 Å². The number of aryl methyl sites for hydroxylation is 2. The van der Waals surface area contributed by atoms with Gasteiger partial charge in [-0.3, -0.25) is 9.59 Å². The van der Waals surface area contributed by atoms with E-state index in [0.29, 0.717) is 17.7 Å². The van der Waals surface area contributed by atoms with Crippen LogP contribution in [-0.2, 0) is 24.2 Å². The van der Waals surface area contributed by atoms with Crippen LogP contribution in [0, 0.1) is 11.3 Å². The van der Waals surface area contributed by atoms with Crippen molar-refractivity contribution in [3.05, 3.63) is 70.3 Å². The molecule has 1 aliphatic carbocycles. The number of rotatable bonds is 6. The molecule has 0 radical (unpaired) electrons. The molecule has 0 bridgehead atoms. The second-order valence-corrected chi connectivity index (χ2v) is 6.70. The summed E-state index contributed by atoms with van der Waals surface area (Å²) in [6.07, 6.45) is 4.92. The van der Waals surface area contributed by atoms with Gasteiger partial charge < -0.3 is 5.32 Å². The molecule has 0 aliphatic heterocycles. The lowest BCUT2D eigenvalue weighted by molar-refractivity contribution is -0.121. The Labute approximate surface area is 153 Å². The van der Waals surface area contributed by atoms with E-state index in [1.54, 1.807) is 18.2 Å². The first kappa shape index (κ1) is 17.9. The van der Waals surface area contributed by atoms with Gasteiger partial charge in [0.15, 0.2) is 5.78 Å². The smallest absolute Gasteiger partial charge is 0.220 e. The summed E-state index contributed by atoms with van der Waals surface area (Å²) < 4.78 is 0. The molecular formula is C22H22N2O2. The average molecular weight is 346 g/mol. The molecule has 0 saturated heterocycles. The number of benzene rings is 2. The Morgan fingerprint density at radius 3 is 2.62 bits per heavy atom. The molecule has 0 heterocycles. The Morgan fingerprint density at radius 2 is 1.81 bits per heavy atom. The van der Waals surface area contributed by atoms with Gasteiger partial charge in [0.1, 0.15) is 0 Å². The number of hydrogen-bond donors (Lipinski definition) is 1. The standard InChI is InChI=1S/C22H22N2O2/c23-14-16-4-3-5-17(12-16)15-24-22(26)11-10-21(25)20-9-8-18-6-1-2-7-19(18)13-20/h3-5,8-9,12-13H,1-2,6-7,10-11,15H2,(H,24,26). The van der Waals surface area contributed by atoms with Crippen LogP contribution in [0.25, 0.3) is 0 Å². The van der Waals surface area contributed by atoms with Gasteiger partial charge in [-0.25, -0.2) is 0 Å². The summed E-state index contributed by atoms with van der Waals surface area (Å²) in [5.41, 5.74) is 4.78. The second-order valence-electron chi connectivity index (χ2n) is 6.70. The SMILES string of the molecule is N#Cc1cccc(CNC(=O)CCC(=O)c2ccc3c(c2)CCCC3)c1. The first-order chi connectivity index (χ1) is 12.7. The van der Waals surface area contributed by atoms with Crippen molar-refractivity contribution in [1.82, 2.24) is 5.32 Å². The zero-order valence-electron chi connectivity index (χ0n) is 14.8. The Morgan fingerprint density at radius 1 is 1.00 bits per heavy atom. The van der Waals surface area contributed by atoms with E-state index in [-0.39, 0.29) is 24.5 Å². The molecule has 132 valence electrons. The molecule has 0 unspecified atom stereocenters. The summed E-state index contributed by atoms with van der Waals surface area (Å²) in [6.45, 7) is 0.362. The van der Waals surface area contributed by atoms with Crippen LogP contribution >= 0.6 is 0 Å². The highest BCUT2D eigenvalue weighted by atomic mass is 16.2. The summed E-state index contributed by atoms with van der Waals surface area (Å²) in [6, 6.07) is 15.2. The number of nitrogens with one attached hydrogen (secondary N) is 1. The predicted octanol–water partition coefficient (Wildman–Crippen LogP) is 3.72. The van der Waals surface area contributed by atoms with Crippen LogP contribution in [0.3, 0.4) is 0 Å². The maximum atomic E-state index is 12.4. The monoisotopic (exact) mass is 346 g/mol. The lowest BCUT2D eigenvalue weighted by Crippen LogP contribution is -2.23. The van der Waals surface area contributed by atoms with Gasteiger partial charge in [0, 0.05) is 24.9 Å². The fraction of sp³-hybridized carbons (Fsp3) is 0.318. The maximum Gasteiger partial charge on any atom is 0.220 e. The number of hydrogen-bond acceptors (Lipinski definition) is 3. The number of nitriles is 1. The third-order valence-corrected chi connectivity index (χ3v) is 4.80. The zero-order chi connectivity index (χ0) is 18.4. The normalized spacial score (nSPS) is 12.7. The molecule has 2 aromatic carbocycles. The summed E-state index contributed by atoms with van der Waals surface area (Å²) >= 11 is 0. The highest BCUT2D eigenvalue weighted by molar-refractivity contribution is 5.98. The van der Waals surface area contributed by atoms with Crippen molar-refractivity contribution >= 4 is 11.7 Å². The fourth-order valence-electron chi connectivity index (χ4n) is 3.32. The second kappa shape index (κ2) is 8.44. The number of fused-ring (bicyclic) bond motifs is 1. The minimum Gasteiger partial charge on any atom is -0.352 e. The maximum absolute atomic E-state index is 12.4. The quantitative estimate of drug-likeness (QED) is 0.811. The molecule has 0 atom stereocenters. The molecule has 0 spiro atoms. The van der Waals surface area contributed by atoms with Crippen LogP contribution in [-0.4, -0.2) is 11.7 Å². The largest absolute Gasteiger partial charge is 0.352 e. The highest BCUT2D eigenvalue weighted by Crippen LogP contribution is 2.23. The average Bonchev–Trinajstić information content (AvgIpc) is 2.70. The minimum atomic E-state index is -0.154. The zero-order valence-corrected chi connectivity index (χ0v) is 14.8. The van der Waals surface area contributed by atoms with Crippen molar-refractivity contribution in [3.63, 3.8) is 0 Å². The van der Waals surface area contributed by atoms with E-state index in [9.17, 15) is 9.59 Å². The van der Waals surface area contributed by atoms with Crippen LogP contribution in [0.1, 0.15) is 58.3 Å². The van der Waals surface area contributed by atoms with Gasteiger partial charge in [-0.1, -0.05) is 24.3 Å². The summed E-state index contributed by atoms with van der Waals surface area (Å²) in [5.74, 6) is -0.140. The van der Waals surface area contributed by atoms with Crippen molar-refractivity contribution in [3.8, 4) is 6.07 Å². The molecule has 1 aliphatic rings. The number of amides is 1. The van der Waals surface area contributed by atoms with Crippen molar-refractivity contribution in [1.29, 1.82) is 5.26 Å². The van der Waals surface area contributed by atoms with Crippen LogP contribution < -0.4 is 5.32 Å². The number of carbonyl (C=O) groups is 2. The van der Waals surface area contributed by atoms with E-state index in [0.717, 1.165) is 18.4 Å². The Bertz CT molecular complexity index is 865. The highest BCUT2D eigenvalue weighted by Gasteiger charge is 2.14. The van der Waals surface area contributed by atoms with Crippen molar-refractivity contribution < 1.29 is 9.59 Å². The van der Waals surface area contributed by atoms with Gasteiger partial charge in [0.2, 0.25) is 5.91 Å². The molecular weight excluding hydrogens is 324 g/mol. The Kier molecular flexibility index (Phi) is 5.80. The van der Waals surface area contributed by atoms with Crippen LogP contribution in [0.4, 0.5) is 0 Å². The van der Waals surface area contributed by atoms with E-state index in [1.807, 2.05) is 18.2 Å². The van der Waals surface area contributed by atoms with Gasteiger partial charge in [0.25, 0.3) is 0 Å². The lowest BCUT2D eigenvalue weighted by atomic mass is 9.89.